The molecule has 1 fully saturated rings. The Morgan fingerprint density at radius 2 is 2.23 bits per heavy atom. The van der Waals surface area contributed by atoms with Crippen LogP contribution < -0.4 is 5.32 Å². The molecule has 0 spiro atoms. The molecule has 0 amide bonds. The summed E-state index contributed by atoms with van der Waals surface area (Å²) in [6.45, 7) is 2.24. The first-order chi connectivity index (χ1) is 6.29. The van der Waals surface area contributed by atoms with Crippen molar-refractivity contribution in [1.29, 1.82) is 0 Å². The minimum atomic E-state index is -0.660. The molecule has 0 aromatic heterocycles. The second-order valence-electron chi connectivity index (χ2n) is 3.83. The zero-order valence-electron chi connectivity index (χ0n) is 8.09. The van der Waals surface area contributed by atoms with Gasteiger partial charge < -0.3 is 10.4 Å². The zero-order valence-corrected chi connectivity index (χ0v) is 8.09. The summed E-state index contributed by atoms with van der Waals surface area (Å²) in [7, 11) is 0. The van der Waals surface area contributed by atoms with Crippen molar-refractivity contribution in [3.8, 4) is 0 Å². The van der Waals surface area contributed by atoms with Gasteiger partial charge in [0.1, 0.15) is 0 Å². The molecule has 76 valence electrons. The van der Waals surface area contributed by atoms with Crippen LogP contribution in [0.5, 0.6) is 0 Å². The number of carboxylic acids is 1. The Labute approximate surface area is 79.5 Å². The van der Waals surface area contributed by atoms with Gasteiger partial charge in [0.25, 0.3) is 0 Å². The Morgan fingerprint density at radius 1 is 1.38 bits per heavy atom. The number of nitrogens with one attached hydrogen (secondary N) is 1. The molecule has 0 saturated carbocycles. The fraction of sp³-hybridized carbons (Fsp3) is 0.900. The SMILES string of the molecule is O=C(O)CCCC1CCCNCC1. The summed E-state index contributed by atoms with van der Waals surface area (Å²) in [5.74, 6) is 0.0982. The highest BCUT2D eigenvalue weighted by molar-refractivity contribution is 5.66. The average molecular weight is 185 g/mol. The second kappa shape index (κ2) is 5.97. The molecule has 1 rings (SSSR count). The molecule has 0 aromatic carbocycles. The van der Waals surface area contributed by atoms with Gasteiger partial charge in [0, 0.05) is 6.42 Å². The standard InChI is InChI=1S/C10H19NO2/c12-10(13)5-1-3-9-4-2-7-11-8-6-9/h9,11H,1-8H2,(H,12,13). The third-order valence-corrected chi connectivity index (χ3v) is 2.70. The Hall–Kier alpha value is -0.570. The molecule has 1 aliphatic rings. The van der Waals surface area contributed by atoms with Gasteiger partial charge in [-0.05, 0) is 51.1 Å². The van der Waals surface area contributed by atoms with Crippen LogP contribution >= 0.6 is 0 Å². The van der Waals surface area contributed by atoms with E-state index in [1.165, 1.54) is 19.3 Å². The maximum absolute atomic E-state index is 10.3. The molecule has 3 heteroatoms. The highest BCUT2D eigenvalue weighted by Gasteiger charge is 2.11. The van der Waals surface area contributed by atoms with Gasteiger partial charge in [-0.15, -0.1) is 0 Å². The van der Waals surface area contributed by atoms with Gasteiger partial charge in [-0.2, -0.15) is 0 Å². The predicted molar refractivity (Wildman–Crippen MR) is 51.7 cm³/mol. The number of hydrogen-bond donors (Lipinski definition) is 2. The first-order valence-electron chi connectivity index (χ1n) is 5.21. The molecule has 3 nitrogen and oxygen atoms in total. The van der Waals surface area contributed by atoms with Crippen molar-refractivity contribution in [1.82, 2.24) is 5.32 Å². The van der Waals surface area contributed by atoms with Crippen LogP contribution in [0, 0.1) is 5.92 Å². The van der Waals surface area contributed by atoms with Gasteiger partial charge >= 0.3 is 5.97 Å². The molecular formula is C10H19NO2. The lowest BCUT2D eigenvalue weighted by Crippen LogP contribution is -2.14. The summed E-state index contributed by atoms with van der Waals surface area (Å²) >= 11 is 0. The van der Waals surface area contributed by atoms with Crippen molar-refractivity contribution >= 4 is 5.97 Å². The number of hydrogen-bond acceptors (Lipinski definition) is 2. The van der Waals surface area contributed by atoms with Crippen LogP contribution in [-0.4, -0.2) is 24.2 Å². The van der Waals surface area contributed by atoms with Crippen molar-refractivity contribution < 1.29 is 9.90 Å². The van der Waals surface area contributed by atoms with Crippen molar-refractivity contribution in [3.63, 3.8) is 0 Å². The van der Waals surface area contributed by atoms with E-state index in [0.717, 1.165) is 31.8 Å². The van der Waals surface area contributed by atoms with Crippen LogP contribution in [0.15, 0.2) is 0 Å². The Bertz CT molecular complexity index is 151. The smallest absolute Gasteiger partial charge is 0.303 e. The monoisotopic (exact) mass is 185 g/mol. The van der Waals surface area contributed by atoms with E-state index in [-0.39, 0.29) is 0 Å². The molecule has 13 heavy (non-hydrogen) atoms. The van der Waals surface area contributed by atoms with Crippen LogP contribution in [0.2, 0.25) is 0 Å². The lowest BCUT2D eigenvalue weighted by molar-refractivity contribution is -0.137. The van der Waals surface area contributed by atoms with E-state index in [4.69, 9.17) is 5.11 Å². The minimum absolute atomic E-state index is 0.337. The number of aliphatic carboxylic acids is 1. The molecule has 1 aliphatic heterocycles. The number of carbonyl (C=O) groups is 1. The quantitative estimate of drug-likeness (QED) is 0.700. The molecule has 1 atom stereocenters. The van der Waals surface area contributed by atoms with Crippen LogP contribution in [0.25, 0.3) is 0 Å². The average Bonchev–Trinajstić information content (AvgIpc) is 2.32. The van der Waals surface area contributed by atoms with Crippen molar-refractivity contribution in [2.75, 3.05) is 13.1 Å². The molecule has 0 radical (unpaired) electrons. The van der Waals surface area contributed by atoms with Crippen LogP contribution in [0.1, 0.15) is 38.5 Å². The summed E-state index contributed by atoms with van der Waals surface area (Å²) in [5.41, 5.74) is 0. The molecule has 0 aliphatic carbocycles. The van der Waals surface area contributed by atoms with Gasteiger partial charge in [-0.1, -0.05) is 0 Å². The van der Waals surface area contributed by atoms with Gasteiger partial charge in [-0.25, -0.2) is 0 Å². The van der Waals surface area contributed by atoms with Gasteiger partial charge in [0.05, 0.1) is 0 Å². The lowest BCUT2D eigenvalue weighted by atomic mass is 9.94. The second-order valence-corrected chi connectivity index (χ2v) is 3.83. The molecule has 1 heterocycles. The van der Waals surface area contributed by atoms with Crippen molar-refractivity contribution in [2.45, 2.75) is 38.5 Å². The number of carboxylic acid groups (broad SMARTS) is 1. The summed E-state index contributed by atoms with van der Waals surface area (Å²) in [4.78, 5) is 10.3. The Morgan fingerprint density at radius 3 is 3.00 bits per heavy atom. The van der Waals surface area contributed by atoms with Crippen molar-refractivity contribution in [3.05, 3.63) is 0 Å². The van der Waals surface area contributed by atoms with Gasteiger partial charge in [-0.3, -0.25) is 4.79 Å². The van der Waals surface area contributed by atoms with Crippen LogP contribution in [0.3, 0.4) is 0 Å². The van der Waals surface area contributed by atoms with Crippen LogP contribution in [-0.2, 0) is 4.79 Å². The van der Waals surface area contributed by atoms with Crippen molar-refractivity contribution in [2.24, 2.45) is 5.92 Å². The molecule has 0 bridgehead atoms. The third-order valence-electron chi connectivity index (χ3n) is 2.70. The van der Waals surface area contributed by atoms with Gasteiger partial charge in [0.2, 0.25) is 0 Å². The van der Waals surface area contributed by atoms with E-state index in [2.05, 4.69) is 5.32 Å². The molecule has 0 aromatic rings. The highest BCUT2D eigenvalue weighted by atomic mass is 16.4. The maximum atomic E-state index is 10.3. The van der Waals surface area contributed by atoms with E-state index in [9.17, 15) is 4.79 Å². The van der Waals surface area contributed by atoms with E-state index in [0.29, 0.717) is 6.42 Å². The van der Waals surface area contributed by atoms with E-state index >= 15 is 0 Å². The van der Waals surface area contributed by atoms with E-state index in [1.807, 2.05) is 0 Å². The first-order valence-corrected chi connectivity index (χ1v) is 5.21. The lowest BCUT2D eigenvalue weighted by Gasteiger charge is -2.11. The fourth-order valence-electron chi connectivity index (χ4n) is 1.92. The highest BCUT2D eigenvalue weighted by Crippen LogP contribution is 2.19. The predicted octanol–water partition coefficient (Wildman–Crippen LogP) is 1.63. The fourth-order valence-corrected chi connectivity index (χ4v) is 1.92. The zero-order chi connectivity index (χ0) is 9.52. The Kier molecular flexibility index (Phi) is 4.83. The molecule has 2 N–H and O–H groups in total. The van der Waals surface area contributed by atoms with Crippen LogP contribution in [0.4, 0.5) is 0 Å². The summed E-state index contributed by atoms with van der Waals surface area (Å²) < 4.78 is 0. The topological polar surface area (TPSA) is 49.3 Å². The molecule has 1 unspecified atom stereocenters. The summed E-state index contributed by atoms with van der Waals surface area (Å²) in [6, 6.07) is 0. The summed E-state index contributed by atoms with van der Waals surface area (Å²) in [6.07, 6.45) is 6.02. The molecular weight excluding hydrogens is 166 g/mol. The van der Waals surface area contributed by atoms with E-state index in [1.54, 1.807) is 0 Å². The Balaban J connectivity index is 2.08. The molecule has 1 saturated heterocycles. The minimum Gasteiger partial charge on any atom is -0.481 e. The third kappa shape index (κ3) is 4.88. The first kappa shape index (κ1) is 10.5. The summed E-state index contributed by atoms with van der Waals surface area (Å²) in [5, 5.41) is 11.8. The number of rotatable bonds is 4. The van der Waals surface area contributed by atoms with Gasteiger partial charge in [0.15, 0.2) is 0 Å². The normalized spacial score (nSPS) is 23.8. The van der Waals surface area contributed by atoms with E-state index < -0.39 is 5.97 Å². The maximum Gasteiger partial charge on any atom is 0.303 e. The largest absolute Gasteiger partial charge is 0.481 e.